The van der Waals surface area contributed by atoms with Gasteiger partial charge in [-0.3, -0.25) is 0 Å². The molecule has 1 aliphatic heterocycles. The summed E-state index contributed by atoms with van der Waals surface area (Å²) in [4.78, 5) is 4.52. The van der Waals surface area contributed by atoms with Crippen LogP contribution in [0.2, 0.25) is 0 Å². The molecule has 0 unspecified atom stereocenters. The van der Waals surface area contributed by atoms with Crippen LogP contribution in [-0.4, -0.2) is 13.1 Å². The molecule has 0 saturated heterocycles. The van der Waals surface area contributed by atoms with Gasteiger partial charge in [-0.25, -0.2) is 0 Å². The average molecular weight is 283 g/mol. The summed E-state index contributed by atoms with van der Waals surface area (Å²) in [6, 6.07) is 16.6. The first-order chi connectivity index (χ1) is 8.34. The molecule has 0 aromatic heterocycles. The Hall–Kier alpha value is -1.35. The summed E-state index contributed by atoms with van der Waals surface area (Å²) < 4.78 is 1.12. The van der Waals surface area contributed by atoms with Crippen LogP contribution in [0.25, 0.3) is 0 Å². The van der Waals surface area contributed by atoms with E-state index in [0.717, 1.165) is 16.6 Å². The molecule has 0 aliphatic carbocycles. The normalized spacial score (nSPS) is 12.9. The molecule has 17 heavy (non-hydrogen) atoms. The Labute approximate surface area is 110 Å². The van der Waals surface area contributed by atoms with Crippen molar-refractivity contribution in [3.8, 4) is 0 Å². The van der Waals surface area contributed by atoms with Crippen LogP contribution in [-0.2, 0) is 6.42 Å². The smallest absolute Gasteiger partial charge is 0.313 e. The second kappa shape index (κ2) is 4.50. The molecule has 0 spiro atoms. The fourth-order valence-corrected chi connectivity index (χ4v) is 2.70. The number of hydrogen-bond donors (Lipinski definition) is 0. The zero-order valence-corrected chi connectivity index (χ0v) is 10.8. The van der Waals surface area contributed by atoms with E-state index in [1.54, 1.807) is 0 Å². The molecule has 0 bridgehead atoms. The molecule has 1 aliphatic rings. The van der Waals surface area contributed by atoms with Crippen LogP contribution >= 0.6 is 15.9 Å². The Bertz CT molecular complexity index is 578. The molecule has 3 heteroatoms. The lowest BCUT2D eigenvalue weighted by atomic mass is 9.83. The van der Waals surface area contributed by atoms with Crippen molar-refractivity contribution in [1.29, 1.82) is 0 Å². The molecular formula is C14H10BBrN. The second-order valence-corrected chi connectivity index (χ2v) is 4.93. The highest BCUT2D eigenvalue weighted by atomic mass is 79.9. The van der Waals surface area contributed by atoms with E-state index in [2.05, 4.69) is 57.2 Å². The van der Waals surface area contributed by atoms with Crippen LogP contribution in [0, 0.1) is 0 Å². The summed E-state index contributed by atoms with van der Waals surface area (Å²) in [6.07, 6.45) is 0.882. The van der Waals surface area contributed by atoms with Gasteiger partial charge in [0.15, 0.2) is 0 Å². The summed E-state index contributed by atoms with van der Waals surface area (Å²) in [5, 5.41) is 0. The van der Waals surface area contributed by atoms with Crippen LogP contribution in [0.15, 0.2) is 57.9 Å². The van der Waals surface area contributed by atoms with E-state index in [-0.39, 0.29) is 0 Å². The molecule has 0 N–H and O–H groups in total. The molecule has 0 amide bonds. The first-order valence-corrected chi connectivity index (χ1v) is 6.36. The van der Waals surface area contributed by atoms with E-state index in [9.17, 15) is 0 Å². The van der Waals surface area contributed by atoms with Gasteiger partial charge in [-0.1, -0.05) is 58.4 Å². The first kappa shape index (κ1) is 10.8. The highest BCUT2D eigenvalue weighted by Gasteiger charge is 2.19. The number of fused-ring (bicyclic) bond motifs is 1. The predicted octanol–water partition coefficient (Wildman–Crippen LogP) is 2.74. The third-order valence-corrected chi connectivity index (χ3v) is 3.57. The van der Waals surface area contributed by atoms with E-state index in [0.29, 0.717) is 0 Å². The maximum atomic E-state index is 4.52. The van der Waals surface area contributed by atoms with Crippen LogP contribution in [0.4, 0.5) is 0 Å². The van der Waals surface area contributed by atoms with Crippen molar-refractivity contribution in [2.45, 2.75) is 6.42 Å². The van der Waals surface area contributed by atoms with Crippen LogP contribution in [0.5, 0.6) is 0 Å². The number of nitrogens with zero attached hydrogens (tertiary/aromatic N) is 1. The van der Waals surface area contributed by atoms with E-state index >= 15 is 0 Å². The second-order valence-electron chi connectivity index (χ2n) is 4.07. The Morgan fingerprint density at radius 2 is 1.82 bits per heavy atom. The van der Waals surface area contributed by atoms with Crippen LogP contribution in [0.1, 0.15) is 11.1 Å². The average Bonchev–Trinajstić information content (AvgIpc) is 2.75. The minimum atomic E-state index is 0.882. The van der Waals surface area contributed by atoms with Gasteiger partial charge >= 0.3 is 7.41 Å². The van der Waals surface area contributed by atoms with Gasteiger partial charge in [0.2, 0.25) is 0 Å². The summed E-state index contributed by atoms with van der Waals surface area (Å²) >= 11 is 3.60. The van der Waals surface area contributed by atoms with Crippen molar-refractivity contribution in [1.82, 2.24) is 0 Å². The van der Waals surface area contributed by atoms with E-state index in [1.165, 1.54) is 16.6 Å². The molecule has 1 radical (unpaired) electrons. The Balaban J connectivity index is 1.94. The van der Waals surface area contributed by atoms with Crippen molar-refractivity contribution in [2.24, 2.45) is 4.90 Å². The number of halogens is 1. The SMILES string of the molecule is Brc1cccc2c1C(Cc1ccccc1)=N[B]2. The number of hydrogen-bond acceptors (Lipinski definition) is 1. The third kappa shape index (κ3) is 2.07. The van der Waals surface area contributed by atoms with Gasteiger partial charge in [-0.2, -0.15) is 0 Å². The van der Waals surface area contributed by atoms with E-state index < -0.39 is 0 Å². The summed E-state index contributed by atoms with van der Waals surface area (Å²) in [5.74, 6) is 0. The molecule has 0 fully saturated rings. The maximum Gasteiger partial charge on any atom is 0.313 e. The maximum absolute atomic E-state index is 4.52. The highest BCUT2D eigenvalue weighted by molar-refractivity contribution is 9.10. The summed E-state index contributed by atoms with van der Waals surface area (Å²) in [6.45, 7) is 0. The van der Waals surface area contributed by atoms with Gasteiger partial charge in [0, 0.05) is 22.2 Å². The molecule has 0 atom stereocenters. The van der Waals surface area contributed by atoms with Crippen LogP contribution in [0.3, 0.4) is 0 Å². The Morgan fingerprint density at radius 1 is 1.00 bits per heavy atom. The molecule has 1 heterocycles. The standard InChI is InChI=1S/C14H10BBrN/c16-12-8-4-7-11-14(12)13(17-15-11)9-10-5-2-1-3-6-10/h1-8H,9H2. The minimum Gasteiger partial charge on any atom is -0.345 e. The molecular weight excluding hydrogens is 273 g/mol. The monoisotopic (exact) mass is 282 g/mol. The molecule has 81 valence electrons. The van der Waals surface area contributed by atoms with E-state index in [4.69, 9.17) is 0 Å². The van der Waals surface area contributed by atoms with E-state index in [1.807, 2.05) is 19.5 Å². The third-order valence-electron chi connectivity index (χ3n) is 2.91. The quantitative estimate of drug-likeness (QED) is 0.751. The van der Waals surface area contributed by atoms with Crippen molar-refractivity contribution in [3.05, 3.63) is 64.1 Å². The molecule has 3 rings (SSSR count). The largest absolute Gasteiger partial charge is 0.345 e. The van der Waals surface area contributed by atoms with Gasteiger partial charge in [-0.05, 0) is 17.1 Å². The zero-order chi connectivity index (χ0) is 11.7. The lowest BCUT2D eigenvalue weighted by Gasteiger charge is -2.07. The lowest BCUT2D eigenvalue weighted by Crippen LogP contribution is -2.14. The van der Waals surface area contributed by atoms with Gasteiger partial charge in [0.05, 0.1) is 0 Å². The van der Waals surface area contributed by atoms with Gasteiger partial charge in [0.25, 0.3) is 0 Å². The number of benzene rings is 2. The minimum absolute atomic E-state index is 0.882. The Kier molecular flexibility index (Phi) is 2.85. The predicted molar refractivity (Wildman–Crippen MR) is 76.2 cm³/mol. The Morgan fingerprint density at radius 3 is 2.65 bits per heavy atom. The molecule has 2 aromatic rings. The summed E-state index contributed by atoms with van der Waals surface area (Å²) in [5.41, 5.74) is 4.86. The van der Waals surface area contributed by atoms with Crippen LogP contribution < -0.4 is 5.46 Å². The fraction of sp³-hybridized carbons (Fsp3) is 0.0714. The molecule has 2 aromatic carbocycles. The molecule has 1 nitrogen and oxygen atoms in total. The van der Waals surface area contributed by atoms with Crippen molar-refractivity contribution < 1.29 is 0 Å². The number of rotatable bonds is 2. The topological polar surface area (TPSA) is 12.4 Å². The van der Waals surface area contributed by atoms with Gasteiger partial charge < -0.3 is 4.90 Å². The molecule has 0 saturated carbocycles. The highest BCUT2D eigenvalue weighted by Crippen LogP contribution is 2.20. The summed E-state index contributed by atoms with van der Waals surface area (Å²) in [7, 11) is 1.94. The van der Waals surface area contributed by atoms with Crippen molar-refractivity contribution in [3.63, 3.8) is 0 Å². The van der Waals surface area contributed by atoms with Crippen molar-refractivity contribution >= 4 is 34.5 Å². The van der Waals surface area contributed by atoms with Gasteiger partial charge in [-0.15, -0.1) is 0 Å². The van der Waals surface area contributed by atoms with Gasteiger partial charge in [0.1, 0.15) is 0 Å². The van der Waals surface area contributed by atoms with Crippen molar-refractivity contribution in [2.75, 3.05) is 0 Å². The fourth-order valence-electron chi connectivity index (χ4n) is 2.09. The lowest BCUT2D eigenvalue weighted by molar-refractivity contribution is 1.32. The first-order valence-electron chi connectivity index (χ1n) is 5.57. The zero-order valence-electron chi connectivity index (χ0n) is 9.23.